The van der Waals surface area contributed by atoms with Crippen LogP contribution in [-0.4, -0.2) is 191 Å². The number of ether oxygens (including phenoxy) is 2. The maximum atomic E-state index is 14.6. The van der Waals surface area contributed by atoms with Gasteiger partial charge in [0.15, 0.2) is 0 Å². The standard InChI is InChI=1S/C21H24F2N6O.C16H14F2N4O2.C15H12F2N4O2.C9H4BrN3.C7H11F2NO2.2Li.H2O/c1-28-8-4-16(5-9-28)27-20(30)15-10-21(22,23)13-29(12-15)17-3-2-14(11-24)18-19(17)26-7-6-25-18;1-24-15(23)11-6-16(17,18)9-22(8-11)12-3-2-10(7-19)13-14(12)21-5-4-20-13;16-15(17)5-10(14(22)23)7-21(8-15)11-2-1-9(6-18)12-13(11)20-4-3-19-12;10-7-2-1-6(5-11)8-9(7)13-4-3-12-8;1-12-6(11)5-2-7(8,9)4-10-3-5;;;/h2-3,6-7,15-16H,4-5,8-10,12-13H2,1H3,(H,27,30);2-5,11H,6,8-9H2,1H3;1-4,10H,5,7-8H2,(H,22,23);1-4H;5,10H,2-4H2,1H3;;;1H2/q;;;;;2*+1;/p-2. The molecule has 3 N–H and O–H groups in total. The van der Waals surface area contributed by atoms with Gasteiger partial charge in [0.25, 0.3) is 23.7 Å². The Balaban J connectivity index is 0.000000212. The van der Waals surface area contributed by atoms with Gasteiger partial charge >= 0.3 is 49.7 Å². The van der Waals surface area contributed by atoms with Gasteiger partial charge in [-0.3, -0.25) is 54.3 Å². The van der Waals surface area contributed by atoms with Crippen LogP contribution in [0.25, 0.3) is 44.1 Å². The second-order valence-corrected chi connectivity index (χ2v) is 25.6. The number of esters is 2. The Morgan fingerprint density at radius 3 is 1.21 bits per heavy atom. The van der Waals surface area contributed by atoms with Crippen molar-refractivity contribution in [1.29, 1.82) is 21.0 Å². The Morgan fingerprint density at radius 1 is 0.505 bits per heavy atom. The molecule has 37 heteroatoms. The van der Waals surface area contributed by atoms with Crippen molar-refractivity contribution in [2.45, 2.75) is 68.3 Å². The van der Waals surface area contributed by atoms with E-state index in [9.17, 15) is 64.7 Å². The number of nitrogens with zero attached hydrogens (tertiary/aromatic N) is 16. The van der Waals surface area contributed by atoms with Crippen molar-refractivity contribution in [3.05, 3.63) is 125 Å². The van der Waals surface area contributed by atoms with Crippen LogP contribution in [-0.2, 0) is 28.7 Å². The van der Waals surface area contributed by atoms with E-state index < -0.39 is 111 Å². The van der Waals surface area contributed by atoms with Gasteiger partial charge in [0, 0.05) is 124 Å². The predicted octanol–water partition coefficient (Wildman–Crippen LogP) is 1.52. The number of carboxylic acid groups (broad SMARTS) is 1. The molecule has 105 heavy (non-hydrogen) atoms. The van der Waals surface area contributed by atoms with Crippen LogP contribution in [0.5, 0.6) is 0 Å². The number of aliphatic carboxylic acids is 1. The van der Waals surface area contributed by atoms with Crippen LogP contribution in [0.1, 0.15) is 60.8 Å². The first-order valence-corrected chi connectivity index (χ1v) is 32.4. The molecule has 4 unspecified atom stereocenters. The van der Waals surface area contributed by atoms with E-state index in [4.69, 9.17) is 15.8 Å². The normalized spacial score (nSPS) is 19.8. The molecule has 5 saturated heterocycles. The monoisotopic (exact) mass is 1510 g/mol. The quantitative estimate of drug-likeness (QED) is 0.124. The zero-order valence-electron chi connectivity index (χ0n) is 57.3. The molecule has 0 radical (unpaired) electrons. The molecule has 0 aliphatic carbocycles. The molecule has 5 aliphatic rings. The summed E-state index contributed by atoms with van der Waals surface area (Å²) in [5.41, 5.74) is 6.12. The first kappa shape index (κ1) is 84.4. The van der Waals surface area contributed by atoms with E-state index in [1.54, 1.807) is 42.7 Å². The van der Waals surface area contributed by atoms with E-state index >= 15 is 0 Å². The van der Waals surface area contributed by atoms with Gasteiger partial charge < -0.3 is 55.1 Å². The molecule has 1 amide bonds. The summed E-state index contributed by atoms with van der Waals surface area (Å²) in [5, 5.41) is 52.9. The number of anilines is 3. The number of fused-ring (bicyclic) bond motifs is 4. The van der Waals surface area contributed by atoms with E-state index in [-0.39, 0.29) is 93.4 Å². The number of alkyl halides is 8. The van der Waals surface area contributed by atoms with Gasteiger partial charge in [0.05, 0.1) is 97.5 Å². The molecule has 26 nitrogen and oxygen atoms in total. The van der Waals surface area contributed by atoms with Crippen molar-refractivity contribution in [2.24, 2.45) is 23.7 Å². The molecule has 0 saturated carbocycles. The average molecular weight is 1510 g/mol. The van der Waals surface area contributed by atoms with Gasteiger partial charge in [-0.25, -0.2) is 35.1 Å². The van der Waals surface area contributed by atoms with Crippen LogP contribution in [0.4, 0.5) is 52.2 Å². The van der Waals surface area contributed by atoms with Gasteiger partial charge in [0.1, 0.15) is 68.4 Å². The van der Waals surface area contributed by atoms with Crippen LogP contribution < -0.4 is 68.2 Å². The van der Waals surface area contributed by atoms with Crippen molar-refractivity contribution in [3.63, 3.8) is 0 Å². The number of amides is 1. The van der Waals surface area contributed by atoms with Crippen LogP contribution >= 0.6 is 15.9 Å². The Hall–Kier alpha value is -9.53. The molecule has 540 valence electrons. The number of hydrogen-bond acceptors (Lipinski definition) is 25. The molecule has 13 rings (SSSR count). The molecular weight excluding hydrogens is 1440 g/mol. The number of carboxylic acids is 1. The Labute approximate surface area is 628 Å². The van der Waals surface area contributed by atoms with Gasteiger partial charge in [-0.05, 0) is 97.4 Å². The fraction of sp³-hybridized carbons (Fsp3) is 0.412. The summed E-state index contributed by atoms with van der Waals surface area (Å²) in [7, 11) is 4.42. The average Bonchev–Trinajstić information content (AvgIpc) is 0.783. The number of benzene rings is 4. The summed E-state index contributed by atoms with van der Waals surface area (Å²) in [5.74, 6) is -18.8. The largest absolute Gasteiger partial charge is 1.00 e. The Kier molecular flexibility index (Phi) is 29.7. The number of methoxy groups -OCH3 is 2. The number of piperidine rings is 5. The van der Waals surface area contributed by atoms with Gasteiger partial charge in [0.2, 0.25) is 5.91 Å². The van der Waals surface area contributed by atoms with Crippen LogP contribution in [0.15, 0.2) is 103 Å². The minimum absolute atomic E-state index is 0. The van der Waals surface area contributed by atoms with E-state index in [1.165, 1.54) is 84.3 Å². The van der Waals surface area contributed by atoms with E-state index in [1.807, 2.05) is 19.2 Å². The summed E-state index contributed by atoms with van der Waals surface area (Å²) < 4.78 is 120. The zero-order chi connectivity index (χ0) is 73.7. The van der Waals surface area contributed by atoms with Crippen molar-refractivity contribution >= 4 is 101 Å². The first-order chi connectivity index (χ1) is 48.6. The molecule has 4 atom stereocenters. The molecule has 0 spiro atoms. The van der Waals surface area contributed by atoms with E-state index in [2.05, 4.69) is 92.9 Å². The molecule has 0 bridgehead atoms. The summed E-state index contributed by atoms with van der Waals surface area (Å²) >= 11 is 3.35. The third kappa shape index (κ3) is 21.4. The molecule has 5 aliphatic heterocycles. The Morgan fingerprint density at radius 2 is 0.829 bits per heavy atom. The predicted molar refractivity (Wildman–Crippen MR) is 356 cm³/mol. The van der Waals surface area contributed by atoms with E-state index in [0.29, 0.717) is 72.4 Å². The smallest absolute Gasteiger partial charge is 0.870 e. The maximum absolute atomic E-state index is 14.6. The first-order valence-electron chi connectivity index (χ1n) is 31.6. The number of halogens is 9. The fourth-order valence-corrected chi connectivity index (χ4v) is 12.9. The number of nitriles is 4. The Bertz CT molecular complexity index is 4610. The van der Waals surface area contributed by atoms with Crippen molar-refractivity contribution in [1.82, 2.24) is 55.4 Å². The topological polar surface area (TPSA) is 375 Å². The maximum Gasteiger partial charge on any atom is 1.00 e. The molecule has 8 aromatic rings. The summed E-state index contributed by atoms with van der Waals surface area (Å²) in [6, 6.07) is 20.9. The number of carbonyl (C=O) groups is 4. The number of nitrogens with one attached hydrogen (secondary N) is 2. The minimum Gasteiger partial charge on any atom is -0.870 e. The van der Waals surface area contributed by atoms with Gasteiger partial charge in [-0.2, -0.15) is 21.0 Å². The van der Waals surface area contributed by atoms with Crippen molar-refractivity contribution in [3.8, 4) is 24.3 Å². The van der Waals surface area contributed by atoms with Crippen LogP contribution in [0.3, 0.4) is 0 Å². The summed E-state index contributed by atoms with van der Waals surface area (Å²) in [6.07, 6.45) is 11.3. The molecule has 9 heterocycles. The van der Waals surface area contributed by atoms with Gasteiger partial charge in [-0.1, -0.05) is 0 Å². The number of carbonyl (C=O) groups excluding carboxylic acids is 4. The SMILES string of the molecule is CN1CCC(NC(=O)C2CN(c3ccc(C#N)c4nccnc34)CC(F)(F)C2)CC1.COC(=O)C1CN(c2ccc(C#N)c3nccnc23)CC(F)(F)C1.COC(=O)C1CNCC(F)(F)C1.N#Cc1ccc(Br)c2nccnc12.N#Cc1ccc(N2CC(C(=O)[O-])CC(F)(F)C2)c2nccnc12.[Li+].[Li+].[OH-]. The third-order valence-electron chi connectivity index (χ3n) is 17.3. The molecular formula is C68H65BrF8Li2N18O8. The number of rotatable bonds is 8. The van der Waals surface area contributed by atoms with Gasteiger partial charge in [-0.15, -0.1) is 0 Å². The van der Waals surface area contributed by atoms with Crippen LogP contribution in [0, 0.1) is 69.0 Å². The molecule has 4 aromatic heterocycles. The van der Waals surface area contributed by atoms with Crippen LogP contribution in [0.2, 0.25) is 0 Å². The zero-order valence-corrected chi connectivity index (χ0v) is 58.9. The number of hydrogen-bond donors (Lipinski definition) is 2. The third-order valence-corrected chi connectivity index (χ3v) is 17.9. The number of likely N-dealkylation sites (tertiary alicyclic amines) is 1. The molecule has 5 fully saturated rings. The second kappa shape index (κ2) is 36.9. The van der Waals surface area contributed by atoms with Crippen molar-refractivity contribution < 1.29 is 112 Å². The number of aromatic nitrogens is 8. The molecule has 4 aromatic carbocycles. The second-order valence-electron chi connectivity index (χ2n) is 24.7. The van der Waals surface area contributed by atoms with E-state index in [0.717, 1.165) is 35.9 Å². The van der Waals surface area contributed by atoms with Crippen molar-refractivity contribution in [2.75, 3.05) is 101 Å². The minimum atomic E-state index is -3.15. The summed E-state index contributed by atoms with van der Waals surface area (Å²) in [4.78, 5) is 86.0. The summed E-state index contributed by atoms with van der Waals surface area (Å²) in [6.45, 7) is 0.223. The fourth-order valence-electron chi connectivity index (χ4n) is 12.5.